The topological polar surface area (TPSA) is 211 Å². The van der Waals surface area contributed by atoms with Crippen LogP contribution in [0.25, 0.3) is 32.7 Å². The van der Waals surface area contributed by atoms with Crippen molar-refractivity contribution in [2.75, 3.05) is 94.7 Å². The van der Waals surface area contributed by atoms with E-state index in [0.717, 1.165) is 138 Å². The maximum atomic E-state index is 13.0. The zero-order valence-electron chi connectivity index (χ0n) is 54.5. The molecule has 12 rings (SSSR count). The second-order valence-corrected chi connectivity index (χ2v) is 26.7. The molecule has 4 N–H and O–H groups in total. The van der Waals surface area contributed by atoms with E-state index in [1.807, 2.05) is 18.2 Å². The Hall–Kier alpha value is -7.52. The molecule has 6 aromatic heterocycles. The molecule has 90 heavy (non-hydrogen) atoms. The van der Waals surface area contributed by atoms with Crippen LogP contribution in [-0.2, 0) is 19.3 Å². The van der Waals surface area contributed by atoms with E-state index in [-0.39, 0.29) is 17.3 Å². The monoisotopic (exact) mass is 1240 g/mol. The second-order valence-electron chi connectivity index (χ2n) is 25.7. The zero-order valence-corrected chi connectivity index (χ0v) is 55.3. The number of aromatic nitrogens is 9. The number of nitrogens with one attached hydrogen (secondary N) is 4. The number of para-hydroxylation sites is 3. The van der Waals surface area contributed by atoms with Crippen molar-refractivity contribution in [3.05, 3.63) is 131 Å². The first kappa shape index (κ1) is 65.4. The van der Waals surface area contributed by atoms with Crippen LogP contribution in [0.4, 0.5) is 17.1 Å². The maximum absolute atomic E-state index is 13.0. The number of oxazole rings is 1. The SMILES string of the molecule is CCCC(CC(=O)c1cnc(N2CCN(C)C(C)C2)o1)Cc1c[nH]c2ccccc12.CCCC(CC(=O)c1nc(N2CCN(C)C(C)C2)n[nH]1)Cc1c[nH]c2ccccc12.CCCC(CC(=O)c1nnc(N2CCN(C)C(C)C2)s1)Cc1c[nH]c2ccccc12. The summed E-state index contributed by atoms with van der Waals surface area (Å²) in [6.45, 7) is 21.5. The van der Waals surface area contributed by atoms with Crippen LogP contribution in [0.5, 0.6) is 0 Å². The Labute approximate surface area is 534 Å². The van der Waals surface area contributed by atoms with Gasteiger partial charge in [0.15, 0.2) is 33.9 Å². The van der Waals surface area contributed by atoms with Crippen LogP contribution < -0.4 is 14.7 Å². The van der Waals surface area contributed by atoms with Gasteiger partial charge in [0, 0.05) is 148 Å². The first-order valence-electron chi connectivity index (χ1n) is 33.0. The summed E-state index contributed by atoms with van der Waals surface area (Å²) < 4.78 is 5.89. The molecule has 0 spiro atoms. The standard InChI is InChI=1S/C24H32N4O2.C23H32N6O.C23H31N5OS/c1-4-7-18(12-19-14-25-21-9-6-5-8-20(19)21)13-22(29)23-15-26-24(30-23)28-11-10-27(3)17(2)16-28;1-4-7-17(12-18-14-24-20-9-6-5-8-19(18)20)13-21(30)22-25-23(27-26-22)29-11-10-28(3)16(2)15-29;1-4-7-17(12-18-14-24-20-9-6-5-8-19(18)20)13-21(29)22-25-26-23(30-22)28-11-10-27(3)16(2)15-28/h5-6,8-9,14-15,17-18,25H,4,7,10-13,16H2,1-3H3;5-6,8-9,14,16-17,24H,4,7,10-13,15H2,1-3H3,(H,25,26,27);5-6,8-9,14,16-17,24H,4,7,10-13,15H2,1-3H3. The molecule has 9 aromatic rings. The van der Waals surface area contributed by atoms with Gasteiger partial charge < -0.3 is 48.8 Å². The third kappa shape index (κ3) is 16.5. The highest BCUT2D eigenvalue weighted by Crippen LogP contribution is 2.31. The number of nitrogens with zero attached hydrogens (tertiary/aromatic N) is 11. The van der Waals surface area contributed by atoms with Crippen LogP contribution in [-0.4, -0.2) is 176 Å². The lowest BCUT2D eigenvalue weighted by molar-refractivity contribution is 0.0927. The molecule has 20 heteroatoms. The molecule has 3 aromatic carbocycles. The number of carbonyl (C=O) groups is 3. The van der Waals surface area contributed by atoms with Crippen molar-refractivity contribution in [3.8, 4) is 0 Å². The zero-order chi connectivity index (χ0) is 63.3. The Morgan fingerprint density at radius 1 is 0.556 bits per heavy atom. The van der Waals surface area contributed by atoms with E-state index >= 15 is 0 Å². The lowest BCUT2D eigenvalue weighted by atomic mass is 9.90. The van der Waals surface area contributed by atoms with Crippen LogP contribution >= 0.6 is 11.3 Å². The minimum Gasteiger partial charge on any atom is -0.420 e. The van der Waals surface area contributed by atoms with Gasteiger partial charge in [-0.25, -0.2) is 4.98 Å². The van der Waals surface area contributed by atoms with Gasteiger partial charge >= 0.3 is 0 Å². The summed E-state index contributed by atoms with van der Waals surface area (Å²) in [5, 5.41) is 21.0. The summed E-state index contributed by atoms with van der Waals surface area (Å²) in [4.78, 5) is 71.5. The third-order valence-electron chi connectivity index (χ3n) is 18.9. The Kier molecular flexibility index (Phi) is 22.5. The molecule has 19 nitrogen and oxygen atoms in total. The molecule has 0 aliphatic carbocycles. The summed E-state index contributed by atoms with van der Waals surface area (Å²) in [5.74, 6) is 2.54. The van der Waals surface area contributed by atoms with Gasteiger partial charge in [0.2, 0.25) is 11.1 Å². The summed E-state index contributed by atoms with van der Waals surface area (Å²) in [5.41, 5.74) is 7.30. The van der Waals surface area contributed by atoms with Crippen LogP contribution in [0.3, 0.4) is 0 Å². The van der Waals surface area contributed by atoms with Gasteiger partial charge in [-0.1, -0.05) is 106 Å². The number of piperazine rings is 3. The minimum absolute atomic E-state index is 0.0502. The van der Waals surface area contributed by atoms with Crippen LogP contribution in [0, 0.1) is 17.8 Å². The lowest BCUT2D eigenvalue weighted by Gasteiger charge is -2.37. The van der Waals surface area contributed by atoms with E-state index in [2.05, 4.69) is 211 Å². The maximum Gasteiger partial charge on any atom is 0.297 e. The van der Waals surface area contributed by atoms with Crippen molar-refractivity contribution < 1.29 is 18.8 Å². The molecule has 3 aliphatic heterocycles. The average Bonchev–Trinajstić information content (AvgIpc) is 2.00. The number of ketones is 3. The highest BCUT2D eigenvalue weighted by molar-refractivity contribution is 7.17. The number of benzene rings is 3. The van der Waals surface area contributed by atoms with Gasteiger partial charge in [-0.3, -0.25) is 19.5 Å². The quantitative estimate of drug-likeness (QED) is 0.0415. The van der Waals surface area contributed by atoms with E-state index in [1.54, 1.807) is 6.20 Å². The normalized spacial score (nSPS) is 18.8. The molecule has 9 heterocycles. The van der Waals surface area contributed by atoms with Crippen molar-refractivity contribution in [1.82, 2.24) is 60.0 Å². The first-order chi connectivity index (χ1) is 43.6. The summed E-state index contributed by atoms with van der Waals surface area (Å²) in [6.07, 6.45) is 18.3. The number of anilines is 3. The molecule has 6 atom stereocenters. The van der Waals surface area contributed by atoms with Crippen LogP contribution in [0.2, 0.25) is 0 Å². The molecule has 0 bridgehead atoms. The first-order valence-corrected chi connectivity index (χ1v) is 33.8. The van der Waals surface area contributed by atoms with Crippen molar-refractivity contribution in [2.24, 2.45) is 17.8 Å². The summed E-state index contributed by atoms with van der Waals surface area (Å²) in [6, 6.07) is 27.0. The smallest absolute Gasteiger partial charge is 0.297 e. The van der Waals surface area contributed by atoms with Gasteiger partial charge in [-0.05, 0) is 133 Å². The number of likely N-dealkylation sites (N-methyl/N-ethyl adjacent to an activating group) is 3. The Balaban J connectivity index is 0.000000148. The van der Waals surface area contributed by atoms with Gasteiger partial charge in [0.1, 0.15) is 0 Å². The Morgan fingerprint density at radius 3 is 1.48 bits per heavy atom. The van der Waals surface area contributed by atoms with Gasteiger partial charge in [-0.15, -0.1) is 15.3 Å². The van der Waals surface area contributed by atoms with E-state index < -0.39 is 0 Å². The van der Waals surface area contributed by atoms with E-state index in [9.17, 15) is 14.4 Å². The van der Waals surface area contributed by atoms with E-state index in [4.69, 9.17) is 4.42 Å². The van der Waals surface area contributed by atoms with Gasteiger partial charge in [0.05, 0.1) is 6.20 Å². The average molecular weight is 1240 g/mol. The number of aromatic amines is 4. The number of hydrogen-bond acceptors (Lipinski definition) is 16. The highest BCUT2D eigenvalue weighted by Gasteiger charge is 2.30. The Bertz CT molecular complexity index is 3360. The van der Waals surface area contributed by atoms with Crippen LogP contribution in [0.1, 0.15) is 147 Å². The molecular formula is C70H95N15O4S. The fraction of sp³-hybridized carbons (Fsp3) is 0.514. The predicted octanol–water partition coefficient (Wildman–Crippen LogP) is 12.6. The fourth-order valence-electron chi connectivity index (χ4n) is 13.1. The second kappa shape index (κ2) is 31.0. The molecule has 0 radical (unpaired) electrons. The summed E-state index contributed by atoms with van der Waals surface area (Å²) in [7, 11) is 6.42. The summed E-state index contributed by atoms with van der Waals surface area (Å²) >= 11 is 1.45. The molecule has 6 unspecified atom stereocenters. The highest BCUT2D eigenvalue weighted by atomic mass is 32.1. The minimum atomic E-state index is 0.0502. The number of H-pyrrole nitrogens is 4. The molecule has 480 valence electrons. The van der Waals surface area contributed by atoms with Crippen molar-refractivity contribution in [1.29, 1.82) is 0 Å². The number of hydrogen-bond donors (Lipinski definition) is 4. The Morgan fingerprint density at radius 2 is 0.989 bits per heavy atom. The molecule has 3 fully saturated rings. The molecule has 3 saturated heterocycles. The number of Topliss-reactive ketones (excluding diaryl/α,β-unsaturated/α-hetero) is 3. The molecule has 0 saturated carbocycles. The molecular weight excluding hydrogens is 1150 g/mol. The largest absolute Gasteiger partial charge is 0.420 e. The van der Waals surface area contributed by atoms with Crippen molar-refractivity contribution in [2.45, 2.75) is 137 Å². The van der Waals surface area contributed by atoms with Crippen molar-refractivity contribution in [3.63, 3.8) is 0 Å². The molecule has 0 amide bonds. The van der Waals surface area contributed by atoms with Gasteiger partial charge in [0.25, 0.3) is 6.01 Å². The van der Waals surface area contributed by atoms with Crippen molar-refractivity contribution >= 4 is 78.5 Å². The van der Waals surface area contributed by atoms with E-state index in [0.29, 0.717) is 83.7 Å². The van der Waals surface area contributed by atoms with Crippen LogP contribution in [0.15, 0.2) is 102 Å². The fourth-order valence-corrected chi connectivity index (χ4v) is 14.0. The predicted molar refractivity (Wildman–Crippen MR) is 364 cm³/mol. The molecule has 3 aliphatic rings. The lowest BCUT2D eigenvalue weighted by Crippen LogP contribution is -2.50. The number of rotatable bonds is 24. The van der Waals surface area contributed by atoms with E-state index in [1.165, 1.54) is 44.2 Å². The van der Waals surface area contributed by atoms with Gasteiger partial charge in [-0.2, -0.15) is 4.98 Å². The number of fused-ring (bicyclic) bond motifs is 3. The third-order valence-corrected chi connectivity index (χ3v) is 20.0. The number of carbonyl (C=O) groups excluding carboxylic acids is 3.